The molecule has 0 radical (unpaired) electrons. The Bertz CT molecular complexity index is 2440. The maximum atomic E-state index is 2.44. The molecule has 0 aliphatic carbocycles. The zero-order valence-electron chi connectivity index (χ0n) is 23.4. The highest BCUT2D eigenvalue weighted by molar-refractivity contribution is 7.26. The van der Waals surface area contributed by atoms with Crippen LogP contribution in [0.4, 0.5) is 0 Å². The number of thiophene rings is 1. The molecular weight excluding hydrogens is 537 g/mol. The molecule has 0 atom stereocenters. The van der Waals surface area contributed by atoms with Gasteiger partial charge in [0, 0.05) is 20.2 Å². The summed E-state index contributed by atoms with van der Waals surface area (Å²) in [7, 11) is 0. The monoisotopic (exact) mass is 562 g/mol. The van der Waals surface area contributed by atoms with Crippen LogP contribution in [0.3, 0.4) is 0 Å². The molecular formula is C42H26S. The van der Waals surface area contributed by atoms with E-state index in [4.69, 9.17) is 0 Å². The molecule has 0 nitrogen and oxygen atoms in total. The van der Waals surface area contributed by atoms with E-state index < -0.39 is 0 Å². The van der Waals surface area contributed by atoms with Crippen molar-refractivity contribution in [1.29, 1.82) is 0 Å². The average molecular weight is 563 g/mol. The summed E-state index contributed by atoms with van der Waals surface area (Å²) in [5.41, 5.74) is 7.66. The predicted molar refractivity (Wildman–Crippen MR) is 188 cm³/mol. The van der Waals surface area contributed by atoms with Gasteiger partial charge in [-0.3, -0.25) is 0 Å². The van der Waals surface area contributed by atoms with Gasteiger partial charge < -0.3 is 0 Å². The molecule has 0 saturated carbocycles. The molecule has 0 aliphatic rings. The molecule has 200 valence electrons. The fourth-order valence-electron chi connectivity index (χ4n) is 6.94. The molecule has 0 bridgehead atoms. The summed E-state index contributed by atoms with van der Waals surface area (Å²) in [5.74, 6) is 0. The highest BCUT2D eigenvalue weighted by Gasteiger charge is 2.18. The van der Waals surface area contributed by atoms with E-state index >= 15 is 0 Å². The van der Waals surface area contributed by atoms with Gasteiger partial charge in [0.2, 0.25) is 0 Å². The van der Waals surface area contributed by atoms with Crippen LogP contribution in [0.25, 0.3) is 85.9 Å². The van der Waals surface area contributed by atoms with Crippen molar-refractivity contribution in [2.75, 3.05) is 0 Å². The van der Waals surface area contributed by atoms with Crippen LogP contribution in [0.2, 0.25) is 0 Å². The standard InChI is InChI=1S/C42H26S/c1-2-12-28(13-3-1)32-19-10-20-39-42(32)37-26-31(23-24-38(37)43-39)41-35-17-8-6-15-33(35)40(34-16-7-9-18-36(34)41)30-22-21-27-11-4-5-14-29(27)25-30/h1-26H. The summed E-state index contributed by atoms with van der Waals surface area (Å²) in [6.45, 7) is 0. The van der Waals surface area contributed by atoms with Gasteiger partial charge in [-0.2, -0.15) is 0 Å². The summed E-state index contributed by atoms with van der Waals surface area (Å²) in [6, 6.07) is 58.0. The average Bonchev–Trinajstić information content (AvgIpc) is 3.45. The molecule has 0 saturated heterocycles. The number of hydrogen-bond donors (Lipinski definition) is 0. The molecule has 0 unspecified atom stereocenters. The van der Waals surface area contributed by atoms with Gasteiger partial charge >= 0.3 is 0 Å². The number of rotatable bonds is 3. The van der Waals surface area contributed by atoms with E-state index in [0.29, 0.717) is 0 Å². The predicted octanol–water partition coefficient (Wildman–Crippen LogP) is 12.5. The third kappa shape index (κ3) is 3.82. The fraction of sp³-hybridized carbons (Fsp3) is 0. The smallest absolute Gasteiger partial charge is 0.0361 e. The Labute approximate surface area is 254 Å². The number of benzene rings is 8. The lowest BCUT2D eigenvalue weighted by Crippen LogP contribution is -1.91. The first-order valence-corrected chi connectivity index (χ1v) is 15.6. The Morgan fingerprint density at radius 2 is 0.907 bits per heavy atom. The lowest BCUT2D eigenvalue weighted by Gasteiger charge is -2.18. The molecule has 0 aliphatic heterocycles. The van der Waals surface area contributed by atoms with Gasteiger partial charge in [-0.1, -0.05) is 133 Å². The van der Waals surface area contributed by atoms with Crippen molar-refractivity contribution in [2.45, 2.75) is 0 Å². The van der Waals surface area contributed by atoms with Gasteiger partial charge in [0.05, 0.1) is 0 Å². The maximum absolute atomic E-state index is 2.44. The quantitative estimate of drug-likeness (QED) is 0.188. The van der Waals surface area contributed by atoms with E-state index in [-0.39, 0.29) is 0 Å². The Hall–Kier alpha value is -5.24. The van der Waals surface area contributed by atoms with Gasteiger partial charge in [-0.15, -0.1) is 11.3 Å². The summed E-state index contributed by atoms with van der Waals surface area (Å²) in [5, 5.41) is 10.3. The molecule has 43 heavy (non-hydrogen) atoms. The first kappa shape index (κ1) is 24.4. The van der Waals surface area contributed by atoms with Crippen molar-refractivity contribution >= 4 is 63.8 Å². The second-order valence-corrected chi connectivity index (χ2v) is 12.3. The molecule has 1 aromatic heterocycles. The van der Waals surface area contributed by atoms with Crippen LogP contribution in [0, 0.1) is 0 Å². The van der Waals surface area contributed by atoms with Crippen LogP contribution in [-0.4, -0.2) is 0 Å². The summed E-state index contributed by atoms with van der Waals surface area (Å²) < 4.78 is 2.65. The van der Waals surface area contributed by atoms with Gasteiger partial charge in [0.1, 0.15) is 0 Å². The van der Waals surface area contributed by atoms with Crippen LogP contribution in [0.15, 0.2) is 158 Å². The molecule has 9 aromatic rings. The fourth-order valence-corrected chi connectivity index (χ4v) is 8.05. The van der Waals surface area contributed by atoms with Gasteiger partial charge in [0.15, 0.2) is 0 Å². The second-order valence-electron chi connectivity index (χ2n) is 11.3. The highest BCUT2D eigenvalue weighted by atomic mass is 32.1. The first-order valence-electron chi connectivity index (χ1n) is 14.8. The molecule has 9 rings (SSSR count). The molecule has 0 fully saturated rings. The topological polar surface area (TPSA) is 0 Å². The Morgan fingerprint density at radius 1 is 0.326 bits per heavy atom. The Kier molecular flexibility index (Phi) is 5.47. The third-order valence-corrected chi connectivity index (χ3v) is 9.97. The summed E-state index contributed by atoms with van der Waals surface area (Å²) in [6.07, 6.45) is 0. The Morgan fingerprint density at radius 3 is 1.60 bits per heavy atom. The molecule has 1 heteroatoms. The zero-order valence-corrected chi connectivity index (χ0v) is 24.2. The number of fused-ring (bicyclic) bond motifs is 6. The molecule has 1 heterocycles. The largest absolute Gasteiger partial charge is 0.135 e. The van der Waals surface area contributed by atoms with Crippen LogP contribution in [0.5, 0.6) is 0 Å². The first-order chi connectivity index (χ1) is 21.3. The summed E-state index contributed by atoms with van der Waals surface area (Å²) in [4.78, 5) is 0. The molecule has 8 aromatic carbocycles. The van der Waals surface area contributed by atoms with Gasteiger partial charge in [0.25, 0.3) is 0 Å². The molecule has 0 N–H and O–H groups in total. The molecule has 0 amide bonds. The normalized spacial score (nSPS) is 11.7. The van der Waals surface area contributed by atoms with E-state index in [9.17, 15) is 0 Å². The van der Waals surface area contributed by atoms with Crippen molar-refractivity contribution < 1.29 is 0 Å². The number of hydrogen-bond acceptors (Lipinski definition) is 1. The van der Waals surface area contributed by atoms with Crippen LogP contribution >= 0.6 is 11.3 Å². The van der Waals surface area contributed by atoms with Gasteiger partial charge in [-0.25, -0.2) is 0 Å². The zero-order chi connectivity index (χ0) is 28.3. The van der Waals surface area contributed by atoms with Crippen molar-refractivity contribution in [3.8, 4) is 33.4 Å². The maximum Gasteiger partial charge on any atom is 0.0361 e. The third-order valence-electron chi connectivity index (χ3n) is 8.84. The highest BCUT2D eigenvalue weighted by Crippen LogP contribution is 2.46. The van der Waals surface area contributed by atoms with E-state index in [1.165, 1.54) is 85.9 Å². The van der Waals surface area contributed by atoms with Crippen LogP contribution < -0.4 is 0 Å². The van der Waals surface area contributed by atoms with E-state index in [1.807, 2.05) is 11.3 Å². The van der Waals surface area contributed by atoms with Crippen molar-refractivity contribution in [3.05, 3.63) is 158 Å². The van der Waals surface area contributed by atoms with E-state index in [1.54, 1.807) is 0 Å². The second kappa shape index (κ2) is 9.66. The summed E-state index contributed by atoms with van der Waals surface area (Å²) >= 11 is 1.88. The van der Waals surface area contributed by atoms with Gasteiger partial charge in [-0.05, 0) is 90.0 Å². The van der Waals surface area contributed by atoms with Crippen LogP contribution in [0.1, 0.15) is 0 Å². The minimum absolute atomic E-state index is 1.25. The van der Waals surface area contributed by atoms with Crippen molar-refractivity contribution in [1.82, 2.24) is 0 Å². The van der Waals surface area contributed by atoms with E-state index in [2.05, 4.69) is 158 Å². The lowest BCUT2D eigenvalue weighted by atomic mass is 9.85. The lowest BCUT2D eigenvalue weighted by molar-refractivity contribution is 1.67. The van der Waals surface area contributed by atoms with Crippen molar-refractivity contribution in [2.24, 2.45) is 0 Å². The molecule has 0 spiro atoms. The van der Waals surface area contributed by atoms with Crippen LogP contribution in [-0.2, 0) is 0 Å². The SMILES string of the molecule is c1ccc(-c2cccc3sc4ccc(-c5c6ccccc6c(-c6ccc7ccccc7c6)c6ccccc56)cc4c23)cc1. The minimum Gasteiger partial charge on any atom is -0.135 e. The van der Waals surface area contributed by atoms with Crippen molar-refractivity contribution in [3.63, 3.8) is 0 Å². The van der Waals surface area contributed by atoms with E-state index in [0.717, 1.165) is 0 Å². The Balaban J connectivity index is 1.36. The minimum atomic E-state index is 1.25.